The van der Waals surface area contributed by atoms with Gasteiger partial charge < -0.3 is 5.32 Å². The lowest BCUT2D eigenvalue weighted by Crippen LogP contribution is -2.30. The van der Waals surface area contributed by atoms with Gasteiger partial charge in [-0.25, -0.2) is 0 Å². The van der Waals surface area contributed by atoms with Crippen LogP contribution >= 0.6 is 34.2 Å². The molecule has 1 fully saturated rings. The standard InChI is InChI=1S/C14H19ClIN/c1-9-3-5-12(7-10(9)2)17-14-6-4-11(16)8-13(14)15/h4,6,8-10,12,17H,3,5,7H2,1-2H3. The zero-order chi connectivity index (χ0) is 12.4. The molecule has 3 unspecified atom stereocenters. The molecule has 1 aromatic carbocycles. The van der Waals surface area contributed by atoms with Gasteiger partial charge in [-0.15, -0.1) is 0 Å². The summed E-state index contributed by atoms with van der Waals surface area (Å²) >= 11 is 8.53. The molecule has 0 bridgehead atoms. The zero-order valence-electron chi connectivity index (χ0n) is 10.3. The van der Waals surface area contributed by atoms with Crippen LogP contribution in [-0.4, -0.2) is 6.04 Å². The molecule has 1 N–H and O–H groups in total. The van der Waals surface area contributed by atoms with Gasteiger partial charge in [0.2, 0.25) is 0 Å². The summed E-state index contributed by atoms with van der Waals surface area (Å²) in [5, 5.41) is 4.43. The van der Waals surface area contributed by atoms with Gasteiger partial charge in [0.1, 0.15) is 0 Å². The monoisotopic (exact) mass is 363 g/mol. The minimum Gasteiger partial charge on any atom is -0.381 e. The molecule has 1 saturated carbocycles. The molecule has 0 saturated heterocycles. The number of benzene rings is 1. The predicted molar refractivity (Wildman–Crippen MR) is 83.8 cm³/mol. The second-order valence-electron chi connectivity index (χ2n) is 5.23. The molecule has 0 aliphatic heterocycles. The predicted octanol–water partition coefficient (Wildman–Crippen LogP) is 5.18. The van der Waals surface area contributed by atoms with Crippen LogP contribution in [0.3, 0.4) is 0 Å². The Kier molecular flexibility index (Phi) is 4.59. The molecule has 17 heavy (non-hydrogen) atoms. The average Bonchev–Trinajstić information content (AvgIpc) is 2.27. The zero-order valence-corrected chi connectivity index (χ0v) is 13.3. The Morgan fingerprint density at radius 3 is 2.65 bits per heavy atom. The van der Waals surface area contributed by atoms with E-state index in [1.165, 1.54) is 22.8 Å². The normalized spacial score (nSPS) is 29.1. The fourth-order valence-corrected chi connectivity index (χ4v) is 3.42. The molecular formula is C14H19ClIN. The third-order valence-corrected chi connectivity index (χ3v) is 4.87. The molecule has 1 aliphatic carbocycles. The Morgan fingerprint density at radius 1 is 1.24 bits per heavy atom. The smallest absolute Gasteiger partial charge is 0.0648 e. The van der Waals surface area contributed by atoms with E-state index in [2.05, 4.69) is 53.9 Å². The summed E-state index contributed by atoms with van der Waals surface area (Å²) in [4.78, 5) is 0. The van der Waals surface area contributed by atoms with Crippen molar-refractivity contribution >= 4 is 39.9 Å². The van der Waals surface area contributed by atoms with Crippen molar-refractivity contribution in [2.75, 3.05) is 5.32 Å². The highest BCUT2D eigenvalue weighted by Gasteiger charge is 2.24. The first kappa shape index (κ1) is 13.5. The second-order valence-corrected chi connectivity index (χ2v) is 6.89. The lowest BCUT2D eigenvalue weighted by Gasteiger charge is -2.33. The molecule has 94 valence electrons. The second kappa shape index (κ2) is 5.79. The van der Waals surface area contributed by atoms with E-state index in [1.807, 2.05) is 6.07 Å². The first-order chi connectivity index (χ1) is 8.06. The largest absolute Gasteiger partial charge is 0.381 e. The van der Waals surface area contributed by atoms with Gasteiger partial charge in [-0.05, 0) is 71.9 Å². The van der Waals surface area contributed by atoms with Crippen molar-refractivity contribution in [1.82, 2.24) is 0 Å². The minimum absolute atomic E-state index is 0.582. The molecule has 0 radical (unpaired) electrons. The summed E-state index contributed by atoms with van der Waals surface area (Å²) in [5.41, 5.74) is 1.08. The van der Waals surface area contributed by atoms with Gasteiger partial charge in [0, 0.05) is 9.61 Å². The van der Waals surface area contributed by atoms with E-state index in [9.17, 15) is 0 Å². The molecule has 2 rings (SSSR count). The highest BCUT2D eigenvalue weighted by molar-refractivity contribution is 14.1. The fourth-order valence-electron chi connectivity index (χ4n) is 2.51. The minimum atomic E-state index is 0.582. The highest BCUT2D eigenvalue weighted by Crippen LogP contribution is 2.32. The number of anilines is 1. The van der Waals surface area contributed by atoms with Crippen LogP contribution in [0.1, 0.15) is 33.1 Å². The Balaban J connectivity index is 2.01. The van der Waals surface area contributed by atoms with E-state index in [-0.39, 0.29) is 0 Å². The van der Waals surface area contributed by atoms with E-state index in [4.69, 9.17) is 11.6 Å². The van der Waals surface area contributed by atoms with Gasteiger partial charge in [-0.2, -0.15) is 0 Å². The number of halogens is 2. The SMILES string of the molecule is CC1CCC(Nc2ccc(I)cc2Cl)CC1C. The summed E-state index contributed by atoms with van der Waals surface area (Å²) in [6.45, 7) is 4.72. The molecule has 0 amide bonds. The van der Waals surface area contributed by atoms with E-state index in [1.54, 1.807) is 0 Å². The molecule has 1 aromatic rings. The van der Waals surface area contributed by atoms with Crippen LogP contribution in [-0.2, 0) is 0 Å². The first-order valence-electron chi connectivity index (χ1n) is 6.28. The summed E-state index contributed by atoms with van der Waals surface area (Å²) in [7, 11) is 0. The highest BCUT2D eigenvalue weighted by atomic mass is 127. The lowest BCUT2D eigenvalue weighted by atomic mass is 9.79. The van der Waals surface area contributed by atoms with Gasteiger partial charge in [-0.1, -0.05) is 25.4 Å². The first-order valence-corrected chi connectivity index (χ1v) is 7.73. The summed E-state index contributed by atoms with van der Waals surface area (Å²) in [5.74, 6) is 1.67. The number of nitrogens with one attached hydrogen (secondary N) is 1. The van der Waals surface area contributed by atoms with Crippen LogP contribution in [0.25, 0.3) is 0 Å². The maximum absolute atomic E-state index is 6.25. The molecule has 1 aliphatic rings. The average molecular weight is 364 g/mol. The molecule has 3 atom stereocenters. The van der Waals surface area contributed by atoms with Crippen molar-refractivity contribution in [3.63, 3.8) is 0 Å². The molecular weight excluding hydrogens is 345 g/mol. The summed E-state index contributed by atoms with van der Waals surface area (Å²) in [6.07, 6.45) is 3.83. The van der Waals surface area contributed by atoms with E-state index in [0.29, 0.717) is 6.04 Å². The van der Waals surface area contributed by atoms with Crippen molar-refractivity contribution in [2.45, 2.75) is 39.2 Å². The lowest BCUT2D eigenvalue weighted by molar-refractivity contribution is 0.261. The molecule has 1 nitrogen and oxygen atoms in total. The fraction of sp³-hybridized carbons (Fsp3) is 0.571. The van der Waals surface area contributed by atoms with Crippen molar-refractivity contribution < 1.29 is 0 Å². The van der Waals surface area contributed by atoms with E-state index >= 15 is 0 Å². The van der Waals surface area contributed by atoms with Gasteiger partial charge in [0.05, 0.1) is 10.7 Å². The van der Waals surface area contributed by atoms with Crippen molar-refractivity contribution in [2.24, 2.45) is 11.8 Å². The van der Waals surface area contributed by atoms with Gasteiger partial charge in [-0.3, -0.25) is 0 Å². The quantitative estimate of drug-likeness (QED) is 0.714. The van der Waals surface area contributed by atoms with E-state index in [0.717, 1.165) is 22.5 Å². The summed E-state index contributed by atoms with van der Waals surface area (Å²) in [6, 6.07) is 6.79. The summed E-state index contributed by atoms with van der Waals surface area (Å²) < 4.78 is 1.18. The van der Waals surface area contributed by atoms with Crippen LogP contribution in [0.15, 0.2) is 18.2 Å². The number of hydrogen-bond acceptors (Lipinski definition) is 1. The van der Waals surface area contributed by atoms with Crippen LogP contribution in [0.5, 0.6) is 0 Å². The van der Waals surface area contributed by atoms with Crippen LogP contribution in [0.4, 0.5) is 5.69 Å². The Morgan fingerprint density at radius 2 is 2.00 bits per heavy atom. The Labute approximate surface area is 122 Å². The maximum atomic E-state index is 6.25. The van der Waals surface area contributed by atoms with Crippen molar-refractivity contribution in [3.05, 3.63) is 26.8 Å². The molecule has 0 heterocycles. The third-order valence-electron chi connectivity index (χ3n) is 3.89. The van der Waals surface area contributed by atoms with Crippen LogP contribution in [0, 0.1) is 15.4 Å². The number of rotatable bonds is 2. The Hall–Kier alpha value is 0.0400. The molecule has 0 aromatic heterocycles. The van der Waals surface area contributed by atoms with E-state index < -0.39 is 0 Å². The van der Waals surface area contributed by atoms with Crippen LogP contribution in [0.2, 0.25) is 5.02 Å². The van der Waals surface area contributed by atoms with Gasteiger partial charge in [0.25, 0.3) is 0 Å². The molecule has 0 spiro atoms. The maximum Gasteiger partial charge on any atom is 0.0648 e. The number of hydrogen-bond donors (Lipinski definition) is 1. The Bertz CT molecular complexity index is 394. The van der Waals surface area contributed by atoms with Gasteiger partial charge >= 0.3 is 0 Å². The van der Waals surface area contributed by atoms with Crippen molar-refractivity contribution in [3.8, 4) is 0 Å². The molecule has 3 heteroatoms. The third kappa shape index (κ3) is 3.50. The van der Waals surface area contributed by atoms with Crippen molar-refractivity contribution in [1.29, 1.82) is 0 Å². The topological polar surface area (TPSA) is 12.0 Å². The van der Waals surface area contributed by atoms with Gasteiger partial charge in [0.15, 0.2) is 0 Å². The van der Waals surface area contributed by atoms with Crippen LogP contribution < -0.4 is 5.32 Å².